The monoisotopic (exact) mass is 379 g/mol. The maximum Gasteiger partial charge on any atom is 0.325 e. The van der Waals surface area contributed by atoms with E-state index in [1.54, 1.807) is 21.7 Å². The zero-order chi connectivity index (χ0) is 19.0. The minimum absolute atomic E-state index is 0.110. The fraction of sp³-hybridized carbons (Fsp3) is 0.200. The molecule has 0 fully saturated rings. The molecule has 1 aliphatic rings. The van der Waals surface area contributed by atoms with Gasteiger partial charge in [-0.15, -0.1) is 0 Å². The van der Waals surface area contributed by atoms with Gasteiger partial charge < -0.3 is 0 Å². The number of anilines is 1. The highest BCUT2D eigenvalue weighted by Crippen LogP contribution is 2.36. The molecule has 1 amide bonds. The van der Waals surface area contributed by atoms with Gasteiger partial charge in [-0.25, -0.2) is 4.90 Å². The molecule has 0 radical (unpaired) electrons. The first kappa shape index (κ1) is 17.5. The predicted octanol–water partition coefficient (Wildman–Crippen LogP) is 3.02. The summed E-state index contributed by atoms with van der Waals surface area (Å²) in [6.07, 6.45) is 2.10. The van der Waals surface area contributed by atoms with Crippen LogP contribution in [0.5, 0.6) is 0 Å². The van der Waals surface area contributed by atoms with E-state index in [0.717, 1.165) is 5.69 Å². The molecule has 0 spiro atoms. The predicted molar refractivity (Wildman–Crippen MR) is 105 cm³/mol. The second-order valence-electron chi connectivity index (χ2n) is 6.20. The Bertz CT molecular complexity index is 1070. The standard InChI is InChI=1S/C20H18N4O2S/c1-3-16-23(19(26)13-9-5-4-6-10-13)15-12-8-7-11-14(15)17-18(25)21-20(27-2)22-24(16)17/h4-12,16H,3H2,1-2H3/p+1/t16-/m1/s1. The first-order valence-electron chi connectivity index (χ1n) is 8.73. The Kier molecular flexibility index (Phi) is 4.53. The van der Waals surface area contributed by atoms with Gasteiger partial charge in [-0.3, -0.25) is 14.6 Å². The molecule has 1 atom stereocenters. The van der Waals surface area contributed by atoms with Gasteiger partial charge in [0, 0.05) is 17.1 Å². The summed E-state index contributed by atoms with van der Waals surface area (Å²) in [6.45, 7) is 1.99. The van der Waals surface area contributed by atoms with Crippen LogP contribution in [0.15, 0.2) is 64.5 Å². The Morgan fingerprint density at radius 1 is 1.19 bits per heavy atom. The van der Waals surface area contributed by atoms with Crippen LogP contribution in [0.4, 0.5) is 5.69 Å². The average Bonchev–Trinajstić information content (AvgIpc) is 2.72. The van der Waals surface area contributed by atoms with Crippen LogP contribution in [-0.2, 0) is 0 Å². The van der Waals surface area contributed by atoms with Gasteiger partial charge in [0.15, 0.2) is 0 Å². The molecule has 1 N–H and O–H groups in total. The van der Waals surface area contributed by atoms with Crippen LogP contribution >= 0.6 is 11.8 Å². The Morgan fingerprint density at radius 3 is 2.59 bits per heavy atom. The van der Waals surface area contributed by atoms with Gasteiger partial charge >= 0.3 is 11.3 Å². The smallest absolute Gasteiger partial charge is 0.291 e. The number of aromatic nitrogens is 3. The van der Waals surface area contributed by atoms with Gasteiger partial charge in [0.25, 0.3) is 12.1 Å². The third-order valence-electron chi connectivity index (χ3n) is 4.66. The normalized spacial score (nSPS) is 15.2. The van der Waals surface area contributed by atoms with E-state index in [1.165, 1.54) is 11.8 Å². The van der Waals surface area contributed by atoms with Gasteiger partial charge in [0.05, 0.1) is 11.3 Å². The van der Waals surface area contributed by atoms with Gasteiger partial charge in [-0.2, -0.15) is 0 Å². The number of nitrogens with one attached hydrogen (secondary N) is 1. The number of hydrogen-bond donors (Lipinski definition) is 1. The number of para-hydroxylation sites is 1. The van der Waals surface area contributed by atoms with Gasteiger partial charge in [0.1, 0.15) is 0 Å². The highest BCUT2D eigenvalue weighted by Gasteiger charge is 2.43. The van der Waals surface area contributed by atoms with Crippen molar-refractivity contribution < 1.29 is 9.48 Å². The van der Waals surface area contributed by atoms with Crippen molar-refractivity contribution in [3.63, 3.8) is 0 Å². The van der Waals surface area contributed by atoms with E-state index in [9.17, 15) is 9.59 Å². The van der Waals surface area contributed by atoms with E-state index in [2.05, 4.69) is 10.1 Å². The maximum atomic E-state index is 13.4. The van der Waals surface area contributed by atoms with E-state index < -0.39 is 0 Å². The molecule has 4 rings (SSSR count). The van der Waals surface area contributed by atoms with E-state index >= 15 is 0 Å². The summed E-state index contributed by atoms with van der Waals surface area (Å²) in [5.41, 5.74) is 2.31. The Morgan fingerprint density at radius 2 is 1.89 bits per heavy atom. The number of H-pyrrole nitrogens is 1. The summed E-state index contributed by atoms with van der Waals surface area (Å²) in [7, 11) is 0. The van der Waals surface area contributed by atoms with Crippen LogP contribution in [-0.4, -0.2) is 22.2 Å². The summed E-state index contributed by atoms with van der Waals surface area (Å²) < 4.78 is 1.69. The second kappa shape index (κ2) is 7.00. The number of thioether (sulfide) groups is 1. The van der Waals surface area contributed by atoms with Crippen molar-refractivity contribution in [2.24, 2.45) is 0 Å². The molecular formula is C20H19N4O2S+. The number of benzene rings is 2. The minimum atomic E-state index is -0.379. The molecular weight excluding hydrogens is 360 g/mol. The Hall–Kier alpha value is -2.93. The molecule has 3 aromatic rings. The summed E-state index contributed by atoms with van der Waals surface area (Å²) in [5, 5.41) is 5.12. The molecule has 0 saturated carbocycles. The SMILES string of the molecule is CC[C@@H]1N(C(=O)c2ccccc2)c2ccccc2-c2c(=O)[nH]c(SC)n[n+]21. The lowest BCUT2D eigenvalue weighted by Crippen LogP contribution is -2.60. The molecule has 1 aromatic heterocycles. The molecule has 0 aliphatic carbocycles. The van der Waals surface area contributed by atoms with Crippen molar-refractivity contribution in [1.29, 1.82) is 0 Å². The van der Waals surface area contributed by atoms with Gasteiger partial charge in [0.2, 0.25) is 5.16 Å². The zero-order valence-electron chi connectivity index (χ0n) is 15.0. The number of rotatable bonds is 3. The third-order valence-corrected chi connectivity index (χ3v) is 5.23. The van der Waals surface area contributed by atoms with Crippen LogP contribution in [0.3, 0.4) is 0 Å². The van der Waals surface area contributed by atoms with Crippen molar-refractivity contribution in [3.8, 4) is 11.3 Å². The van der Waals surface area contributed by atoms with Gasteiger partial charge in [-0.05, 0) is 30.5 Å². The van der Waals surface area contributed by atoms with Crippen molar-refractivity contribution >= 4 is 23.4 Å². The van der Waals surface area contributed by atoms with Crippen LogP contribution in [0.25, 0.3) is 11.3 Å². The van der Waals surface area contributed by atoms with E-state index in [4.69, 9.17) is 0 Å². The van der Waals surface area contributed by atoms with E-state index in [0.29, 0.717) is 28.4 Å². The van der Waals surface area contributed by atoms with Crippen LogP contribution in [0.2, 0.25) is 0 Å². The topological polar surface area (TPSA) is 69.9 Å². The third kappa shape index (κ3) is 2.84. The zero-order valence-corrected chi connectivity index (χ0v) is 15.9. The van der Waals surface area contributed by atoms with E-state index in [-0.39, 0.29) is 17.6 Å². The average molecular weight is 379 g/mol. The fourth-order valence-corrected chi connectivity index (χ4v) is 3.82. The van der Waals surface area contributed by atoms with E-state index in [1.807, 2.05) is 55.6 Å². The molecule has 27 heavy (non-hydrogen) atoms. The number of fused-ring (bicyclic) bond motifs is 3. The van der Waals surface area contributed by atoms with Crippen LogP contribution in [0, 0.1) is 0 Å². The lowest BCUT2D eigenvalue weighted by molar-refractivity contribution is -0.771. The highest BCUT2D eigenvalue weighted by molar-refractivity contribution is 7.98. The Labute approximate surface area is 160 Å². The molecule has 136 valence electrons. The lowest BCUT2D eigenvalue weighted by atomic mass is 10.0. The molecule has 0 bridgehead atoms. The largest absolute Gasteiger partial charge is 0.325 e. The first-order valence-corrected chi connectivity index (χ1v) is 9.96. The number of carbonyl (C=O) groups is 1. The molecule has 6 nitrogen and oxygen atoms in total. The number of carbonyl (C=O) groups excluding carboxylic acids is 1. The van der Waals surface area contributed by atoms with Crippen LogP contribution in [0.1, 0.15) is 29.9 Å². The number of amides is 1. The molecule has 0 unspecified atom stereocenters. The summed E-state index contributed by atoms with van der Waals surface area (Å²) in [6, 6.07) is 16.7. The maximum absolute atomic E-state index is 13.4. The molecule has 0 saturated heterocycles. The van der Waals surface area contributed by atoms with Crippen LogP contribution < -0.4 is 15.1 Å². The van der Waals surface area contributed by atoms with Crippen molar-refractivity contribution in [1.82, 2.24) is 10.1 Å². The molecule has 2 heterocycles. The quantitative estimate of drug-likeness (QED) is 0.561. The number of nitrogens with zero attached hydrogens (tertiary/aromatic N) is 3. The second-order valence-corrected chi connectivity index (χ2v) is 7.00. The van der Waals surface area contributed by atoms with Gasteiger partial charge in [-0.1, -0.05) is 53.7 Å². The summed E-state index contributed by atoms with van der Waals surface area (Å²) >= 11 is 1.36. The van der Waals surface area contributed by atoms with Crippen molar-refractivity contribution in [2.75, 3.05) is 11.2 Å². The summed E-state index contributed by atoms with van der Waals surface area (Å²) in [4.78, 5) is 30.7. The number of hydrogen-bond acceptors (Lipinski definition) is 4. The van der Waals surface area contributed by atoms with Crippen molar-refractivity contribution in [3.05, 3.63) is 70.5 Å². The molecule has 1 aliphatic heterocycles. The first-order chi connectivity index (χ1) is 13.2. The molecule has 2 aromatic carbocycles. The summed E-state index contributed by atoms with van der Waals surface area (Å²) in [5.74, 6) is -0.110. The minimum Gasteiger partial charge on any atom is -0.291 e. The lowest BCUT2D eigenvalue weighted by Gasteiger charge is -2.31. The number of aromatic amines is 1. The Balaban J connectivity index is 1.98. The molecule has 7 heteroatoms. The highest BCUT2D eigenvalue weighted by atomic mass is 32.2. The fourth-order valence-electron chi connectivity index (χ4n) is 3.46. The van der Waals surface area contributed by atoms with Crippen molar-refractivity contribution in [2.45, 2.75) is 24.7 Å².